The molecule has 4 heteroatoms. The zero-order valence-electron chi connectivity index (χ0n) is 3.05. The SMILES string of the molecule is [B]c1cn[nH]n1. The largest absolute Gasteiger partial charge is 0.199 e. The highest BCUT2D eigenvalue weighted by Crippen LogP contribution is 1.50. The topological polar surface area (TPSA) is 41.6 Å². The van der Waals surface area contributed by atoms with E-state index in [9.17, 15) is 0 Å². The maximum atomic E-state index is 5.07. The summed E-state index contributed by atoms with van der Waals surface area (Å²) in [6.07, 6.45) is 1.44. The van der Waals surface area contributed by atoms with Crippen LogP contribution in [0.5, 0.6) is 0 Å². The van der Waals surface area contributed by atoms with Gasteiger partial charge < -0.3 is 0 Å². The Balaban J connectivity index is 3.05. The molecule has 1 aromatic heterocycles. The minimum absolute atomic E-state index is 0.426. The number of aromatic nitrogens is 3. The number of H-pyrrole nitrogens is 1. The average molecular weight is 78.9 g/mol. The van der Waals surface area contributed by atoms with Crippen LogP contribution in [0.25, 0.3) is 0 Å². The number of rotatable bonds is 0. The fraction of sp³-hybridized carbons (Fsp3) is 0. The highest BCUT2D eigenvalue weighted by atomic mass is 15.3. The second-order valence-electron chi connectivity index (χ2n) is 0.895. The third kappa shape index (κ3) is 0.405. The molecule has 0 amide bonds. The molecule has 6 heavy (non-hydrogen) atoms. The van der Waals surface area contributed by atoms with Crippen molar-refractivity contribution in [2.75, 3.05) is 0 Å². The Kier molecular flexibility index (Phi) is 0.635. The first kappa shape index (κ1) is 3.40. The summed E-state index contributed by atoms with van der Waals surface area (Å²) in [7, 11) is 5.07. The summed E-state index contributed by atoms with van der Waals surface area (Å²) in [4.78, 5) is 0. The number of hydrogen-bond donors (Lipinski definition) is 1. The maximum absolute atomic E-state index is 5.07. The molecule has 0 saturated heterocycles. The Morgan fingerprint density at radius 3 is 2.83 bits per heavy atom. The van der Waals surface area contributed by atoms with Crippen molar-refractivity contribution in [1.29, 1.82) is 0 Å². The smallest absolute Gasteiger partial charge is 0.146 e. The molecule has 1 heterocycles. The standard InChI is InChI=1S/C2H2BN3/c3-2-1-4-6-5-2/h1H,(H,4,5,6). The van der Waals surface area contributed by atoms with Crippen molar-refractivity contribution >= 4 is 13.4 Å². The predicted molar refractivity (Wildman–Crippen MR) is 21.8 cm³/mol. The van der Waals surface area contributed by atoms with Crippen molar-refractivity contribution < 1.29 is 0 Å². The predicted octanol–water partition coefficient (Wildman–Crippen LogP) is -1.40. The Morgan fingerprint density at radius 2 is 2.67 bits per heavy atom. The summed E-state index contributed by atoms with van der Waals surface area (Å²) in [5.41, 5.74) is 0.426. The van der Waals surface area contributed by atoms with Gasteiger partial charge in [-0.15, -0.1) is 0 Å². The van der Waals surface area contributed by atoms with E-state index in [1.54, 1.807) is 0 Å². The van der Waals surface area contributed by atoms with Crippen LogP contribution in [0.15, 0.2) is 6.20 Å². The van der Waals surface area contributed by atoms with Crippen LogP contribution < -0.4 is 5.59 Å². The van der Waals surface area contributed by atoms with Gasteiger partial charge in [0.15, 0.2) is 0 Å². The van der Waals surface area contributed by atoms with Crippen molar-refractivity contribution in [3.05, 3.63) is 6.20 Å². The summed E-state index contributed by atoms with van der Waals surface area (Å²) in [6.45, 7) is 0. The molecule has 0 aliphatic rings. The van der Waals surface area contributed by atoms with Gasteiger partial charge in [-0.05, 0) is 0 Å². The lowest BCUT2D eigenvalue weighted by Crippen LogP contribution is -2.00. The van der Waals surface area contributed by atoms with Gasteiger partial charge in [-0.3, -0.25) is 0 Å². The maximum Gasteiger partial charge on any atom is 0.146 e. The second-order valence-corrected chi connectivity index (χ2v) is 0.895. The molecule has 0 aliphatic heterocycles. The van der Waals surface area contributed by atoms with Crippen molar-refractivity contribution in [3.8, 4) is 0 Å². The summed E-state index contributed by atoms with van der Waals surface area (Å²) in [6, 6.07) is 0. The van der Waals surface area contributed by atoms with Crippen molar-refractivity contribution in [2.24, 2.45) is 0 Å². The average Bonchev–Trinajstić information content (AvgIpc) is 1.86. The molecule has 0 aromatic carbocycles. The van der Waals surface area contributed by atoms with E-state index >= 15 is 0 Å². The minimum atomic E-state index is 0.426. The van der Waals surface area contributed by atoms with E-state index < -0.39 is 0 Å². The monoisotopic (exact) mass is 79.0 g/mol. The Morgan fingerprint density at radius 1 is 1.83 bits per heavy atom. The molecule has 0 bridgehead atoms. The van der Waals surface area contributed by atoms with Crippen LogP contribution in [0.3, 0.4) is 0 Å². The van der Waals surface area contributed by atoms with E-state index in [2.05, 4.69) is 15.4 Å². The van der Waals surface area contributed by atoms with Crippen LogP contribution in [-0.2, 0) is 0 Å². The second kappa shape index (κ2) is 1.12. The Bertz CT molecular complexity index is 112. The lowest BCUT2D eigenvalue weighted by molar-refractivity contribution is 0.946. The number of nitrogens with one attached hydrogen (secondary N) is 1. The third-order valence-corrected chi connectivity index (χ3v) is 0.434. The normalized spacial score (nSPS) is 8.67. The van der Waals surface area contributed by atoms with E-state index in [1.807, 2.05) is 0 Å². The molecule has 0 unspecified atom stereocenters. The molecule has 1 rings (SSSR count). The van der Waals surface area contributed by atoms with Crippen molar-refractivity contribution in [3.63, 3.8) is 0 Å². The number of hydrogen-bond acceptors (Lipinski definition) is 2. The quantitative estimate of drug-likeness (QED) is 0.388. The fourth-order valence-electron chi connectivity index (χ4n) is 0.210. The third-order valence-electron chi connectivity index (χ3n) is 0.434. The lowest BCUT2D eigenvalue weighted by atomic mass is 10.1. The molecule has 3 nitrogen and oxygen atoms in total. The molecule has 2 radical (unpaired) electrons. The van der Waals surface area contributed by atoms with Gasteiger partial charge in [-0.25, -0.2) is 0 Å². The van der Waals surface area contributed by atoms with Crippen LogP contribution in [0.4, 0.5) is 0 Å². The van der Waals surface area contributed by atoms with Gasteiger partial charge in [0.1, 0.15) is 7.85 Å². The van der Waals surface area contributed by atoms with Crippen LogP contribution in [0.1, 0.15) is 0 Å². The van der Waals surface area contributed by atoms with Gasteiger partial charge in [0.05, 0.1) is 6.20 Å². The van der Waals surface area contributed by atoms with E-state index in [4.69, 9.17) is 7.85 Å². The van der Waals surface area contributed by atoms with Crippen LogP contribution in [0, 0.1) is 0 Å². The molecule has 1 N–H and O–H groups in total. The minimum Gasteiger partial charge on any atom is -0.199 e. The molecule has 0 fully saturated rings. The van der Waals surface area contributed by atoms with Crippen LogP contribution in [-0.4, -0.2) is 23.3 Å². The zero-order chi connectivity index (χ0) is 4.41. The highest BCUT2D eigenvalue weighted by Gasteiger charge is 1.76. The molecule has 0 spiro atoms. The van der Waals surface area contributed by atoms with Gasteiger partial charge in [-0.1, -0.05) is 0 Å². The number of nitrogens with zero attached hydrogens (tertiary/aromatic N) is 2. The van der Waals surface area contributed by atoms with Crippen LogP contribution in [0.2, 0.25) is 0 Å². The van der Waals surface area contributed by atoms with Gasteiger partial charge in [0.25, 0.3) is 0 Å². The summed E-state index contributed by atoms with van der Waals surface area (Å²) in [5.74, 6) is 0. The Hall–Kier alpha value is -0.795. The van der Waals surface area contributed by atoms with Gasteiger partial charge in [0, 0.05) is 5.59 Å². The van der Waals surface area contributed by atoms with Crippen LogP contribution >= 0.6 is 0 Å². The molecule has 0 atom stereocenters. The molecular formula is C2H2BN3. The first-order valence-corrected chi connectivity index (χ1v) is 1.51. The van der Waals surface area contributed by atoms with E-state index in [1.165, 1.54) is 6.20 Å². The molecular weight excluding hydrogens is 76.9 g/mol. The van der Waals surface area contributed by atoms with E-state index in [0.29, 0.717) is 5.59 Å². The van der Waals surface area contributed by atoms with Gasteiger partial charge >= 0.3 is 0 Å². The summed E-state index contributed by atoms with van der Waals surface area (Å²) < 4.78 is 0. The first-order chi connectivity index (χ1) is 2.89. The van der Waals surface area contributed by atoms with E-state index in [-0.39, 0.29) is 0 Å². The summed E-state index contributed by atoms with van der Waals surface area (Å²) >= 11 is 0. The highest BCUT2D eigenvalue weighted by molar-refractivity contribution is 6.30. The fourth-order valence-corrected chi connectivity index (χ4v) is 0.210. The molecule has 28 valence electrons. The Labute approximate surface area is 36.2 Å². The van der Waals surface area contributed by atoms with Gasteiger partial charge in [0.2, 0.25) is 0 Å². The van der Waals surface area contributed by atoms with Crippen molar-refractivity contribution in [2.45, 2.75) is 0 Å². The first-order valence-electron chi connectivity index (χ1n) is 1.51. The molecule has 1 aromatic rings. The number of aromatic amines is 1. The zero-order valence-corrected chi connectivity index (χ0v) is 3.05. The summed E-state index contributed by atoms with van der Waals surface area (Å²) in [5, 5.41) is 9.22. The van der Waals surface area contributed by atoms with Crippen molar-refractivity contribution in [1.82, 2.24) is 15.4 Å². The lowest BCUT2D eigenvalue weighted by Gasteiger charge is -1.62. The van der Waals surface area contributed by atoms with Gasteiger partial charge in [-0.2, -0.15) is 15.4 Å². The molecule has 0 aliphatic carbocycles. The molecule has 0 saturated carbocycles. The van der Waals surface area contributed by atoms with E-state index in [0.717, 1.165) is 0 Å².